The van der Waals surface area contributed by atoms with E-state index in [0.29, 0.717) is 11.9 Å². The minimum Gasteiger partial charge on any atom is -0.508 e. The Hall–Kier alpha value is -3.46. The fraction of sp³-hybridized carbons (Fsp3) is 0.192. The number of aryl methyl sites for hydroxylation is 1. The number of phenolic OH excluding ortho intramolecular Hbond substituents is 2. The molecular formula is C26H27N3O4S. The van der Waals surface area contributed by atoms with Crippen molar-refractivity contribution in [1.29, 1.82) is 0 Å². The van der Waals surface area contributed by atoms with Crippen LogP contribution in [0.5, 0.6) is 11.5 Å². The first-order valence-corrected chi connectivity index (χ1v) is 12.6. The molecule has 1 aromatic heterocycles. The Morgan fingerprint density at radius 2 is 1.65 bits per heavy atom. The number of pyridine rings is 1. The number of hydrogen-bond acceptors (Lipinski definition) is 6. The van der Waals surface area contributed by atoms with Gasteiger partial charge in [-0.15, -0.1) is 0 Å². The number of aromatic hydroxyl groups is 2. The van der Waals surface area contributed by atoms with Crippen molar-refractivity contribution in [2.75, 3.05) is 19.6 Å². The third-order valence-corrected chi connectivity index (χ3v) is 7.03. The van der Waals surface area contributed by atoms with Gasteiger partial charge in [-0.25, -0.2) is 13.1 Å². The largest absolute Gasteiger partial charge is 0.508 e. The highest BCUT2D eigenvalue weighted by Gasteiger charge is 2.19. The summed E-state index contributed by atoms with van der Waals surface area (Å²) in [7, 11) is -3.76. The molecule has 0 spiro atoms. The van der Waals surface area contributed by atoms with Crippen LogP contribution in [0.4, 0.5) is 0 Å². The summed E-state index contributed by atoms with van der Waals surface area (Å²) in [6.07, 6.45) is 4.93. The number of phenols is 2. The Labute approximate surface area is 199 Å². The molecule has 0 radical (unpaired) electrons. The smallest absolute Gasteiger partial charge is 0.241 e. The first-order valence-electron chi connectivity index (χ1n) is 11.1. The molecule has 0 saturated heterocycles. The Morgan fingerprint density at radius 3 is 2.44 bits per heavy atom. The maximum Gasteiger partial charge on any atom is 0.241 e. The summed E-state index contributed by atoms with van der Waals surface area (Å²) in [5.74, 6) is 0.410. The maximum absolute atomic E-state index is 13.2. The van der Waals surface area contributed by atoms with Crippen molar-refractivity contribution in [2.45, 2.75) is 17.7 Å². The monoisotopic (exact) mass is 477 g/mol. The number of fused-ring (bicyclic) bond motifs is 1. The molecular weight excluding hydrogens is 450 g/mol. The molecule has 0 bridgehead atoms. The van der Waals surface area contributed by atoms with Crippen molar-refractivity contribution in [2.24, 2.45) is 0 Å². The summed E-state index contributed by atoms with van der Waals surface area (Å²) in [6, 6.07) is 19.1. The number of nitrogens with one attached hydrogen (secondary N) is 2. The molecule has 0 fully saturated rings. The topological polar surface area (TPSA) is 112 Å². The van der Waals surface area contributed by atoms with Gasteiger partial charge in [-0.05, 0) is 78.5 Å². The van der Waals surface area contributed by atoms with Crippen LogP contribution < -0.4 is 10.0 Å². The third kappa shape index (κ3) is 5.91. The molecule has 4 aromatic rings. The van der Waals surface area contributed by atoms with Gasteiger partial charge in [0.2, 0.25) is 10.0 Å². The van der Waals surface area contributed by atoms with Crippen LogP contribution in [0.15, 0.2) is 84.0 Å². The van der Waals surface area contributed by atoms with E-state index in [9.17, 15) is 18.6 Å². The van der Waals surface area contributed by atoms with Gasteiger partial charge in [-0.2, -0.15) is 0 Å². The fourth-order valence-corrected chi connectivity index (χ4v) is 5.11. The van der Waals surface area contributed by atoms with E-state index in [1.807, 2.05) is 18.2 Å². The van der Waals surface area contributed by atoms with E-state index in [1.54, 1.807) is 60.9 Å². The van der Waals surface area contributed by atoms with E-state index < -0.39 is 10.0 Å². The van der Waals surface area contributed by atoms with E-state index in [2.05, 4.69) is 15.0 Å². The highest BCUT2D eigenvalue weighted by molar-refractivity contribution is 7.89. The van der Waals surface area contributed by atoms with Crippen molar-refractivity contribution < 1.29 is 18.6 Å². The first-order chi connectivity index (χ1) is 16.4. The molecule has 3 aromatic carbocycles. The van der Waals surface area contributed by atoms with Crippen LogP contribution in [0.3, 0.4) is 0 Å². The van der Waals surface area contributed by atoms with Crippen LogP contribution in [0, 0.1) is 0 Å². The van der Waals surface area contributed by atoms with E-state index in [4.69, 9.17) is 0 Å². The molecule has 0 amide bonds. The van der Waals surface area contributed by atoms with E-state index >= 15 is 0 Å². The molecule has 0 saturated carbocycles. The van der Waals surface area contributed by atoms with Crippen molar-refractivity contribution in [3.8, 4) is 22.6 Å². The number of sulfonamides is 1. The number of hydrogen-bond donors (Lipinski definition) is 4. The molecule has 7 nitrogen and oxygen atoms in total. The molecule has 0 unspecified atom stereocenters. The lowest BCUT2D eigenvalue weighted by atomic mass is 10.0. The van der Waals surface area contributed by atoms with Gasteiger partial charge >= 0.3 is 0 Å². The zero-order valence-electron chi connectivity index (χ0n) is 18.6. The van der Waals surface area contributed by atoms with Crippen LogP contribution in [-0.4, -0.2) is 43.2 Å². The number of aromatic nitrogens is 1. The van der Waals surface area contributed by atoms with Crippen LogP contribution in [-0.2, 0) is 16.4 Å². The molecule has 8 heteroatoms. The minimum atomic E-state index is -3.76. The van der Waals surface area contributed by atoms with Crippen LogP contribution >= 0.6 is 0 Å². The van der Waals surface area contributed by atoms with Gasteiger partial charge in [-0.3, -0.25) is 4.98 Å². The van der Waals surface area contributed by atoms with Gasteiger partial charge in [0.1, 0.15) is 11.5 Å². The highest BCUT2D eigenvalue weighted by atomic mass is 32.2. The predicted octanol–water partition coefficient (Wildman–Crippen LogP) is 3.81. The number of nitrogens with zero attached hydrogens (tertiary/aromatic N) is 1. The zero-order chi connectivity index (χ0) is 24.0. The first kappa shape index (κ1) is 23.7. The van der Waals surface area contributed by atoms with Gasteiger partial charge < -0.3 is 15.5 Å². The summed E-state index contributed by atoms with van der Waals surface area (Å²) < 4.78 is 29.0. The van der Waals surface area contributed by atoms with E-state index in [0.717, 1.165) is 41.5 Å². The Morgan fingerprint density at radius 1 is 0.824 bits per heavy atom. The van der Waals surface area contributed by atoms with Crippen molar-refractivity contribution >= 4 is 20.8 Å². The second kappa shape index (κ2) is 10.6. The van der Waals surface area contributed by atoms with Crippen LogP contribution in [0.25, 0.3) is 21.9 Å². The van der Waals surface area contributed by atoms with Crippen molar-refractivity contribution in [3.63, 3.8) is 0 Å². The normalized spacial score (nSPS) is 11.6. The summed E-state index contributed by atoms with van der Waals surface area (Å²) in [6.45, 7) is 1.49. The van der Waals surface area contributed by atoms with E-state index in [-0.39, 0.29) is 22.9 Å². The maximum atomic E-state index is 13.2. The second-order valence-corrected chi connectivity index (χ2v) is 9.77. The van der Waals surface area contributed by atoms with Crippen LogP contribution in [0.1, 0.15) is 12.0 Å². The molecule has 34 heavy (non-hydrogen) atoms. The van der Waals surface area contributed by atoms with Gasteiger partial charge in [0, 0.05) is 36.3 Å². The Balaban J connectivity index is 1.39. The van der Waals surface area contributed by atoms with Crippen LogP contribution in [0.2, 0.25) is 0 Å². The Bertz CT molecular complexity index is 1370. The second-order valence-electron chi connectivity index (χ2n) is 8.04. The molecule has 176 valence electrons. The third-order valence-electron chi connectivity index (χ3n) is 5.53. The lowest BCUT2D eigenvalue weighted by Gasteiger charge is -2.13. The summed E-state index contributed by atoms with van der Waals surface area (Å²) in [5.41, 5.74) is 2.59. The molecule has 4 N–H and O–H groups in total. The lowest BCUT2D eigenvalue weighted by molar-refractivity contribution is 0.474. The number of benzene rings is 3. The average Bonchev–Trinajstić information content (AvgIpc) is 2.83. The molecule has 0 aliphatic carbocycles. The van der Waals surface area contributed by atoms with E-state index in [1.165, 1.54) is 0 Å². The van der Waals surface area contributed by atoms with Gasteiger partial charge in [0.15, 0.2) is 0 Å². The molecule has 0 aliphatic rings. The standard InChI is InChI=1S/C26H27N3O4S/c30-23-8-6-20(7-9-23)21-16-22-18-28-12-10-25(22)26(17-21)34(32,33)29-14-13-27-11-2-4-19-3-1-5-24(31)15-19/h1,3,5-10,12,15-18,27,29-31H,2,4,11,13-14H2. The minimum absolute atomic E-state index is 0.148. The SMILES string of the molecule is O=S(=O)(NCCNCCCc1cccc(O)c1)c1cc(-c2ccc(O)cc2)cc2cnccc12. The van der Waals surface area contributed by atoms with Gasteiger partial charge in [0.05, 0.1) is 4.90 Å². The summed E-state index contributed by atoms with van der Waals surface area (Å²) in [4.78, 5) is 4.33. The van der Waals surface area contributed by atoms with Crippen molar-refractivity contribution in [1.82, 2.24) is 15.0 Å². The van der Waals surface area contributed by atoms with Crippen molar-refractivity contribution in [3.05, 3.63) is 84.7 Å². The summed E-state index contributed by atoms with van der Waals surface area (Å²) >= 11 is 0. The molecule has 4 rings (SSSR count). The molecule has 0 atom stereocenters. The highest BCUT2D eigenvalue weighted by Crippen LogP contribution is 2.30. The lowest BCUT2D eigenvalue weighted by Crippen LogP contribution is -2.32. The molecule has 1 heterocycles. The predicted molar refractivity (Wildman–Crippen MR) is 133 cm³/mol. The number of rotatable bonds is 10. The Kier molecular flexibility index (Phi) is 7.42. The summed E-state index contributed by atoms with van der Waals surface area (Å²) in [5, 5.41) is 23.7. The van der Waals surface area contributed by atoms with Gasteiger partial charge in [0.25, 0.3) is 0 Å². The quantitative estimate of drug-likeness (QED) is 0.259. The van der Waals surface area contributed by atoms with Gasteiger partial charge in [-0.1, -0.05) is 24.3 Å². The molecule has 0 aliphatic heterocycles. The fourth-order valence-electron chi connectivity index (χ4n) is 3.82. The zero-order valence-corrected chi connectivity index (χ0v) is 19.4. The average molecular weight is 478 g/mol.